The topological polar surface area (TPSA) is 140 Å². The number of carbonyl (C=O) groups excluding carboxylic acids is 2. The molecular weight excluding hydrogens is 849 g/mol. The fourth-order valence-corrected chi connectivity index (χ4v) is 5.07. The average molecular weight is 880 g/mol. The lowest BCUT2D eigenvalue weighted by atomic mass is 10.2. The van der Waals surface area contributed by atoms with Crippen molar-refractivity contribution in [1.82, 2.24) is 9.97 Å². The average Bonchev–Trinajstić information content (AvgIpc) is 3.19. The van der Waals surface area contributed by atoms with Gasteiger partial charge >= 0.3 is 12.4 Å². The Morgan fingerprint density at radius 3 is 1.53 bits per heavy atom. The highest BCUT2D eigenvalue weighted by Crippen LogP contribution is 2.37. The molecule has 0 saturated carbocycles. The van der Waals surface area contributed by atoms with E-state index in [0.717, 1.165) is 30.0 Å². The Bertz CT molecular complexity index is 2310. The number of aromatic nitrogens is 2. The zero-order valence-corrected chi connectivity index (χ0v) is 32.4. The first kappa shape index (κ1) is 45.5. The van der Waals surface area contributed by atoms with Crippen LogP contribution in [0.25, 0.3) is 0 Å². The minimum atomic E-state index is -4.61. The first-order valence-electron chi connectivity index (χ1n) is 16.7. The third kappa shape index (κ3) is 15.6. The molecule has 0 aliphatic carbocycles. The number of nitrogen functional groups attached to an aromatic ring is 1. The normalized spacial score (nSPS) is 10.8. The van der Waals surface area contributed by atoms with E-state index >= 15 is 0 Å². The van der Waals surface area contributed by atoms with Crippen LogP contribution in [0.2, 0.25) is 10.0 Å². The highest BCUT2D eigenvalue weighted by Gasteiger charge is 2.34. The third-order valence-electron chi connectivity index (χ3n) is 7.12. The molecule has 308 valence electrons. The van der Waals surface area contributed by atoms with Crippen molar-refractivity contribution in [3.8, 4) is 23.0 Å². The van der Waals surface area contributed by atoms with Crippen LogP contribution in [-0.2, 0) is 21.9 Å². The summed E-state index contributed by atoms with van der Waals surface area (Å²) < 4.78 is 87.2. The number of carbonyl (C=O) groups is 2. The number of halogens is 9. The highest BCUT2D eigenvalue weighted by atomic mass is 35.5. The van der Waals surface area contributed by atoms with E-state index < -0.39 is 45.3 Å². The molecule has 0 unspecified atom stereocenters. The maximum absolute atomic E-state index is 12.9. The van der Waals surface area contributed by atoms with Gasteiger partial charge in [0.25, 0.3) is 0 Å². The van der Waals surface area contributed by atoms with Gasteiger partial charge in [-0.3, -0.25) is 19.6 Å². The number of hydrogen-bond acceptors (Lipinski definition) is 8. The van der Waals surface area contributed by atoms with Crippen LogP contribution in [0.5, 0.6) is 23.0 Å². The van der Waals surface area contributed by atoms with E-state index in [-0.39, 0.29) is 23.8 Å². The lowest BCUT2D eigenvalue weighted by molar-refractivity contribution is -0.138. The van der Waals surface area contributed by atoms with Gasteiger partial charge in [-0.25, -0.2) is 0 Å². The fraction of sp³-hybridized carbons (Fsp3) is 0.100. The molecule has 2 aromatic heterocycles. The summed E-state index contributed by atoms with van der Waals surface area (Å²) >= 11 is 16.2. The summed E-state index contributed by atoms with van der Waals surface area (Å²) in [6, 6.07) is 27.6. The molecule has 0 aliphatic rings. The Hall–Kier alpha value is -6.23. The molecule has 0 spiro atoms. The Morgan fingerprint density at radius 1 is 0.593 bits per heavy atom. The summed E-state index contributed by atoms with van der Waals surface area (Å²) in [6.07, 6.45) is -2.62. The minimum absolute atomic E-state index is 0.00202. The Balaban J connectivity index is 0.000000216. The van der Waals surface area contributed by atoms with Crippen molar-refractivity contribution < 1.29 is 45.4 Å². The predicted molar refractivity (Wildman–Crippen MR) is 215 cm³/mol. The number of alkyl halides is 7. The number of nitrogens with two attached hydrogens (primary N) is 1. The van der Waals surface area contributed by atoms with Gasteiger partial charge in [-0.1, -0.05) is 35.3 Å². The molecular formula is C40H31Cl3F6N6O4. The molecule has 0 radical (unpaired) electrons. The summed E-state index contributed by atoms with van der Waals surface area (Å²) in [6.45, 7) is -0.152. The number of rotatable bonds is 10. The van der Waals surface area contributed by atoms with E-state index in [4.69, 9.17) is 50.0 Å². The number of ether oxygens (including phenoxy) is 2. The van der Waals surface area contributed by atoms with Crippen molar-refractivity contribution in [3.05, 3.63) is 155 Å². The molecule has 6 aromatic rings. The van der Waals surface area contributed by atoms with E-state index in [9.17, 15) is 35.9 Å². The first-order valence-corrected chi connectivity index (χ1v) is 18.0. The number of amides is 2. The molecule has 0 bridgehead atoms. The molecule has 2 amide bonds. The minimum Gasteiger partial charge on any atom is -0.456 e. The van der Waals surface area contributed by atoms with E-state index in [0.29, 0.717) is 28.6 Å². The van der Waals surface area contributed by atoms with Crippen molar-refractivity contribution >= 4 is 69.4 Å². The van der Waals surface area contributed by atoms with Crippen LogP contribution in [0.3, 0.4) is 0 Å². The van der Waals surface area contributed by atoms with Gasteiger partial charge < -0.3 is 31.2 Å². The van der Waals surface area contributed by atoms with Gasteiger partial charge in [0.05, 0.1) is 40.1 Å². The van der Waals surface area contributed by atoms with Crippen LogP contribution in [0.15, 0.2) is 134 Å². The summed E-state index contributed by atoms with van der Waals surface area (Å²) in [4.78, 5) is 30.9. The van der Waals surface area contributed by atoms with Crippen LogP contribution in [0.1, 0.15) is 11.1 Å². The van der Waals surface area contributed by atoms with Gasteiger partial charge in [-0.05, 0) is 84.9 Å². The molecule has 0 fully saturated rings. The molecule has 19 heteroatoms. The molecule has 6 rings (SSSR count). The summed E-state index contributed by atoms with van der Waals surface area (Å²) in [5, 5.41) is 6.65. The summed E-state index contributed by atoms with van der Waals surface area (Å²) in [5.41, 5.74) is 4.90. The number of pyridine rings is 2. The maximum Gasteiger partial charge on any atom is 0.417 e. The van der Waals surface area contributed by atoms with Crippen molar-refractivity contribution in [2.45, 2.75) is 12.4 Å². The molecule has 0 saturated heterocycles. The molecule has 59 heavy (non-hydrogen) atoms. The lowest BCUT2D eigenvalue weighted by Crippen LogP contribution is -2.22. The Kier molecular flexibility index (Phi) is 16.6. The Morgan fingerprint density at radius 2 is 1.07 bits per heavy atom. The van der Waals surface area contributed by atoms with Crippen LogP contribution in [-0.4, -0.2) is 34.2 Å². The van der Waals surface area contributed by atoms with E-state index in [1.807, 2.05) is 30.3 Å². The molecule has 4 aromatic carbocycles. The molecule has 0 atom stereocenters. The van der Waals surface area contributed by atoms with Gasteiger partial charge in [0.1, 0.15) is 28.9 Å². The zero-order chi connectivity index (χ0) is 43.0. The zero-order valence-electron chi connectivity index (χ0n) is 30.1. The van der Waals surface area contributed by atoms with Gasteiger partial charge in [0.2, 0.25) is 11.8 Å². The summed E-state index contributed by atoms with van der Waals surface area (Å²) in [5.74, 6) is 1.10. The van der Waals surface area contributed by atoms with Crippen LogP contribution < -0.4 is 31.2 Å². The lowest BCUT2D eigenvalue weighted by Gasteiger charge is -2.12. The van der Waals surface area contributed by atoms with Crippen molar-refractivity contribution in [2.24, 2.45) is 0 Å². The van der Waals surface area contributed by atoms with Gasteiger partial charge in [0.15, 0.2) is 0 Å². The largest absolute Gasteiger partial charge is 0.456 e. The highest BCUT2D eigenvalue weighted by molar-refractivity contribution is 6.32. The van der Waals surface area contributed by atoms with E-state index in [2.05, 4.69) is 25.9 Å². The number of hydrogen-bond donors (Lipinski definition) is 4. The Labute approximate surface area is 348 Å². The molecule has 5 N–H and O–H groups in total. The van der Waals surface area contributed by atoms with Crippen molar-refractivity contribution in [3.63, 3.8) is 0 Å². The molecule has 2 heterocycles. The predicted octanol–water partition coefficient (Wildman–Crippen LogP) is 11.6. The van der Waals surface area contributed by atoms with E-state index in [1.54, 1.807) is 67.3 Å². The SMILES string of the molecule is Nc1cccc(Oc2cccnc2)c1.O=C(CCl)Nc1ccc(Cl)c(C(F)(F)F)c1.O=C(CNc1cccc(Oc2cccnc2)c1)Nc1ccc(Cl)c(C(F)(F)F)c1. The second-order valence-electron chi connectivity index (χ2n) is 11.7. The van der Waals surface area contributed by atoms with Gasteiger partial charge in [-0.15, -0.1) is 11.6 Å². The molecule has 0 aliphatic heterocycles. The fourth-order valence-electron chi connectivity index (χ4n) is 4.56. The maximum atomic E-state index is 12.9. The van der Waals surface area contributed by atoms with Gasteiger partial charge in [-0.2, -0.15) is 26.3 Å². The first-order chi connectivity index (χ1) is 28.0. The second kappa shape index (κ2) is 21.5. The number of benzene rings is 4. The smallest absolute Gasteiger partial charge is 0.417 e. The molecule has 10 nitrogen and oxygen atoms in total. The number of nitrogens with one attached hydrogen (secondary N) is 3. The number of anilines is 4. The van der Waals surface area contributed by atoms with Crippen LogP contribution in [0.4, 0.5) is 49.1 Å². The summed E-state index contributed by atoms with van der Waals surface area (Å²) in [7, 11) is 0. The van der Waals surface area contributed by atoms with Crippen molar-refractivity contribution in [2.75, 3.05) is 34.1 Å². The van der Waals surface area contributed by atoms with Crippen molar-refractivity contribution in [1.29, 1.82) is 0 Å². The standard InChI is InChI=1S/C20H15ClF3N3O2.C11H10N2O.C9H6Cl2F3NO/c21-18-7-6-14(10-17(18)20(22,23)24)27-19(28)12-26-13-3-1-4-15(9-13)29-16-5-2-8-25-11-16;12-9-3-1-4-10(7-9)14-11-5-2-6-13-8-11;10-4-8(16)15-5-1-2-7(11)6(3-5)9(12,13)14/h1-11,26H,12H2,(H,27,28);1-8H,12H2;1-3H,4H2,(H,15,16). The van der Waals surface area contributed by atoms with Crippen LogP contribution >= 0.6 is 34.8 Å². The van der Waals surface area contributed by atoms with Gasteiger partial charge in [0, 0.05) is 47.3 Å². The monoisotopic (exact) mass is 878 g/mol. The quantitative estimate of drug-likeness (QED) is 0.0606. The van der Waals surface area contributed by atoms with E-state index in [1.165, 1.54) is 12.1 Å². The third-order valence-corrected chi connectivity index (χ3v) is 8.02. The number of nitrogens with zero attached hydrogens (tertiary/aromatic N) is 2. The van der Waals surface area contributed by atoms with Crippen LogP contribution in [0, 0.1) is 0 Å². The second-order valence-corrected chi connectivity index (χ2v) is 12.7.